The minimum absolute atomic E-state index is 0.0292. The lowest BCUT2D eigenvalue weighted by Gasteiger charge is -2.12. The van der Waals surface area contributed by atoms with Crippen LogP contribution in [0.4, 0.5) is 0 Å². The number of terminal acetylenes is 1. The van der Waals surface area contributed by atoms with Crippen molar-refractivity contribution in [3.05, 3.63) is 54.1 Å². The molecule has 0 saturated heterocycles. The fourth-order valence-corrected chi connectivity index (χ4v) is 3.23. The molecule has 2 aromatic carbocycles. The number of amides is 2. The number of sulfonamides is 1. The molecule has 2 aromatic rings. The maximum absolute atomic E-state index is 12.2. The van der Waals surface area contributed by atoms with Crippen molar-refractivity contribution in [3.63, 3.8) is 0 Å². The summed E-state index contributed by atoms with van der Waals surface area (Å²) in [6, 6.07) is 12.1. The molecule has 0 atom stereocenters. The van der Waals surface area contributed by atoms with Crippen LogP contribution in [0, 0.1) is 12.3 Å². The van der Waals surface area contributed by atoms with E-state index in [9.17, 15) is 18.0 Å². The number of carbonyl (C=O) groups excluding carboxylic acids is 2. The molecule has 0 saturated carbocycles. The van der Waals surface area contributed by atoms with Crippen LogP contribution >= 0.6 is 0 Å². The Kier molecular flexibility index (Phi) is 8.22. The van der Waals surface area contributed by atoms with Crippen molar-refractivity contribution in [1.82, 2.24) is 15.6 Å². The van der Waals surface area contributed by atoms with Gasteiger partial charge in [0.1, 0.15) is 0 Å². The molecule has 30 heavy (non-hydrogen) atoms. The number of benzene rings is 2. The van der Waals surface area contributed by atoms with E-state index in [-0.39, 0.29) is 23.6 Å². The summed E-state index contributed by atoms with van der Waals surface area (Å²) in [7, 11) is -3.85. The van der Waals surface area contributed by atoms with Gasteiger partial charge in [-0.3, -0.25) is 20.4 Å². The van der Waals surface area contributed by atoms with Crippen molar-refractivity contribution in [2.24, 2.45) is 0 Å². The Bertz CT molecular complexity index is 1050. The van der Waals surface area contributed by atoms with Gasteiger partial charge in [0.15, 0.2) is 18.1 Å². The van der Waals surface area contributed by atoms with Gasteiger partial charge in [0.2, 0.25) is 10.0 Å². The van der Waals surface area contributed by atoms with E-state index in [0.717, 1.165) is 6.07 Å². The SMILES string of the molecule is C#CCNS(=O)(=O)c1cccc(C(=O)NNC(=O)COc2ccccc2OCC)c1. The summed E-state index contributed by atoms with van der Waals surface area (Å²) in [5.41, 5.74) is 4.43. The number of hydrogen-bond acceptors (Lipinski definition) is 6. The van der Waals surface area contributed by atoms with Crippen LogP contribution < -0.4 is 25.0 Å². The molecule has 0 unspecified atom stereocenters. The number of para-hydroxylation sites is 2. The normalized spacial score (nSPS) is 10.5. The van der Waals surface area contributed by atoms with Crippen molar-refractivity contribution in [3.8, 4) is 23.8 Å². The zero-order valence-electron chi connectivity index (χ0n) is 16.2. The second kappa shape index (κ2) is 10.8. The molecule has 158 valence electrons. The van der Waals surface area contributed by atoms with Crippen molar-refractivity contribution >= 4 is 21.8 Å². The summed E-state index contributed by atoms with van der Waals surface area (Å²) < 4.78 is 37.2. The number of rotatable bonds is 9. The monoisotopic (exact) mass is 431 g/mol. The molecule has 2 amide bonds. The summed E-state index contributed by atoms with van der Waals surface area (Å²) in [5, 5.41) is 0. The van der Waals surface area contributed by atoms with Crippen molar-refractivity contribution in [2.75, 3.05) is 19.8 Å². The van der Waals surface area contributed by atoms with Gasteiger partial charge >= 0.3 is 0 Å². The molecule has 3 N–H and O–H groups in total. The summed E-state index contributed by atoms with van der Waals surface area (Å²) in [5.74, 6) is 1.72. The second-order valence-electron chi connectivity index (χ2n) is 5.73. The molecule has 0 heterocycles. The first-order chi connectivity index (χ1) is 14.4. The minimum Gasteiger partial charge on any atom is -0.490 e. The standard InChI is InChI=1S/C20H21N3O6S/c1-3-12-21-30(26,27)16-9-7-8-15(13-16)20(25)23-22-19(24)14-29-18-11-6-5-10-17(18)28-4-2/h1,5-11,13,21H,4,12,14H2,2H3,(H,22,24)(H,23,25). The van der Waals surface area contributed by atoms with Crippen LogP contribution in [0.5, 0.6) is 11.5 Å². The van der Waals surface area contributed by atoms with E-state index in [4.69, 9.17) is 15.9 Å². The quantitative estimate of drug-likeness (QED) is 0.399. The molecule has 0 aliphatic carbocycles. The van der Waals surface area contributed by atoms with E-state index in [1.807, 2.05) is 6.92 Å². The predicted octanol–water partition coefficient (Wildman–Crippen LogP) is 0.837. The Balaban J connectivity index is 1.92. The topological polar surface area (TPSA) is 123 Å². The molecule has 0 aliphatic heterocycles. The van der Waals surface area contributed by atoms with Crippen molar-refractivity contribution in [2.45, 2.75) is 11.8 Å². The Hall–Kier alpha value is -3.55. The highest BCUT2D eigenvalue weighted by Gasteiger charge is 2.16. The van der Waals surface area contributed by atoms with E-state index in [1.165, 1.54) is 18.2 Å². The zero-order chi connectivity index (χ0) is 22.0. The lowest BCUT2D eigenvalue weighted by atomic mass is 10.2. The van der Waals surface area contributed by atoms with E-state index < -0.39 is 21.8 Å². The highest BCUT2D eigenvalue weighted by atomic mass is 32.2. The van der Waals surface area contributed by atoms with Crippen LogP contribution in [0.25, 0.3) is 0 Å². The highest BCUT2D eigenvalue weighted by Crippen LogP contribution is 2.26. The van der Waals surface area contributed by atoms with Crippen LogP contribution in [0.2, 0.25) is 0 Å². The summed E-state index contributed by atoms with van der Waals surface area (Å²) in [4.78, 5) is 24.0. The number of nitrogens with one attached hydrogen (secondary N) is 3. The molecular formula is C20H21N3O6S. The van der Waals surface area contributed by atoms with Gasteiger partial charge in [-0.2, -0.15) is 4.72 Å². The molecule has 0 aromatic heterocycles. The smallest absolute Gasteiger partial charge is 0.276 e. The number of hydrazine groups is 1. The Morgan fingerprint density at radius 1 is 1.03 bits per heavy atom. The number of carbonyl (C=O) groups is 2. The van der Waals surface area contributed by atoms with Gasteiger partial charge < -0.3 is 9.47 Å². The van der Waals surface area contributed by atoms with Gasteiger partial charge in [-0.15, -0.1) is 6.42 Å². The highest BCUT2D eigenvalue weighted by molar-refractivity contribution is 7.89. The van der Waals surface area contributed by atoms with Gasteiger partial charge in [0.05, 0.1) is 18.0 Å². The van der Waals surface area contributed by atoms with Crippen LogP contribution in [-0.4, -0.2) is 40.0 Å². The molecule has 0 fully saturated rings. The fraction of sp³-hybridized carbons (Fsp3) is 0.200. The van der Waals surface area contributed by atoms with E-state index in [0.29, 0.717) is 18.1 Å². The molecule has 10 heteroatoms. The third kappa shape index (κ3) is 6.51. The molecular weight excluding hydrogens is 410 g/mol. The third-order valence-electron chi connectivity index (χ3n) is 3.59. The molecule has 0 radical (unpaired) electrons. The number of ether oxygens (including phenoxy) is 2. The first-order valence-electron chi connectivity index (χ1n) is 8.84. The predicted molar refractivity (Wildman–Crippen MR) is 109 cm³/mol. The Labute approximate surface area is 174 Å². The third-order valence-corrected chi connectivity index (χ3v) is 4.99. The molecule has 2 rings (SSSR count). The largest absolute Gasteiger partial charge is 0.490 e. The first-order valence-corrected chi connectivity index (χ1v) is 10.3. The average molecular weight is 431 g/mol. The molecule has 9 nitrogen and oxygen atoms in total. The van der Waals surface area contributed by atoms with Gasteiger partial charge in [0.25, 0.3) is 11.8 Å². The molecule has 0 spiro atoms. The van der Waals surface area contributed by atoms with Crippen LogP contribution in [-0.2, 0) is 14.8 Å². The van der Waals surface area contributed by atoms with Gasteiger partial charge in [-0.05, 0) is 37.3 Å². The first kappa shape index (κ1) is 22.7. The summed E-state index contributed by atoms with van der Waals surface area (Å²) >= 11 is 0. The zero-order valence-corrected chi connectivity index (χ0v) is 17.0. The lowest BCUT2D eigenvalue weighted by molar-refractivity contribution is -0.123. The van der Waals surface area contributed by atoms with Crippen LogP contribution in [0.15, 0.2) is 53.4 Å². The minimum atomic E-state index is -3.85. The van der Waals surface area contributed by atoms with E-state index in [1.54, 1.807) is 24.3 Å². The van der Waals surface area contributed by atoms with E-state index >= 15 is 0 Å². The lowest BCUT2D eigenvalue weighted by Crippen LogP contribution is -2.43. The average Bonchev–Trinajstić information content (AvgIpc) is 2.75. The van der Waals surface area contributed by atoms with Crippen molar-refractivity contribution in [1.29, 1.82) is 0 Å². The molecule has 0 bridgehead atoms. The maximum Gasteiger partial charge on any atom is 0.276 e. The molecule has 0 aliphatic rings. The van der Waals surface area contributed by atoms with E-state index in [2.05, 4.69) is 21.5 Å². The van der Waals surface area contributed by atoms with Gasteiger partial charge in [-0.25, -0.2) is 8.42 Å². The Morgan fingerprint density at radius 3 is 2.40 bits per heavy atom. The summed E-state index contributed by atoms with van der Waals surface area (Å²) in [6.45, 7) is 1.72. The maximum atomic E-state index is 12.2. The van der Waals surface area contributed by atoms with Crippen LogP contribution in [0.3, 0.4) is 0 Å². The second-order valence-corrected chi connectivity index (χ2v) is 7.49. The fourth-order valence-electron chi connectivity index (χ4n) is 2.25. The Morgan fingerprint density at radius 2 is 1.73 bits per heavy atom. The van der Waals surface area contributed by atoms with Crippen LogP contribution in [0.1, 0.15) is 17.3 Å². The van der Waals surface area contributed by atoms with Crippen molar-refractivity contribution < 1.29 is 27.5 Å². The number of hydrogen-bond donors (Lipinski definition) is 3. The van der Waals surface area contributed by atoms with Gasteiger partial charge in [-0.1, -0.05) is 24.1 Å². The van der Waals surface area contributed by atoms with Gasteiger partial charge in [0, 0.05) is 5.56 Å². The summed E-state index contributed by atoms with van der Waals surface area (Å²) in [6.07, 6.45) is 5.05.